The third-order valence-electron chi connectivity index (χ3n) is 4.05. The zero-order valence-electron chi connectivity index (χ0n) is 12.1. The summed E-state index contributed by atoms with van der Waals surface area (Å²) in [5, 5.41) is 8.98. The molecule has 0 saturated carbocycles. The molecule has 0 bridgehead atoms. The highest BCUT2D eigenvalue weighted by atomic mass is 32.2. The Morgan fingerprint density at radius 1 is 1.35 bits per heavy atom. The molecule has 0 aromatic heterocycles. The number of carbonyl (C=O) groups is 2. The lowest BCUT2D eigenvalue weighted by Crippen LogP contribution is -2.52. The van der Waals surface area contributed by atoms with Crippen LogP contribution in [0.5, 0.6) is 0 Å². The maximum atomic E-state index is 12.6. The van der Waals surface area contributed by atoms with Gasteiger partial charge in [-0.05, 0) is 20.5 Å². The molecule has 0 aliphatic carbocycles. The SMILES string of the molecule is CN(C)C1CCN(C(=O)N2CCSCC2CC(=O)O)C1. The number of carboxylic acids is 1. The van der Waals surface area contributed by atoms with E-state index in [9.17, 15) is 9.59 Å². The molecule has 2 atom stereocenters. The van der Waals surface area contributed by atoms with Crippen LogP contribution in [-0.2, 0) is 4.79 Å². The second-order valence-electron chi connectivity index (χ2n) is 5.65. The first kappa shape index (κ1) is 15.4. The molecule has 2 amide bonds. The molecular formula is C13H23N3O3S. The van der Waals surface area contributed by atoms with Crippen LogP contribution in [0.2, 0.25) is 0 Å². The summed E-state index contributed by atoms with van der Waals surface area (Å²) in [5.41, 5.74) is 0. The van der Waals surface area contributed by atoms with Gasteiger partial charge in [-0.1, -0.05) is 0 Å². The zero-order chi connectivity index (χ0) is 14.7. The maximum Gasteiger partial charge on any atom is 0.320 e. The van der Waals surface area contributed by atoms with E-state index in [0.717, 1.165) is 31.0 Å². The second kappa shape index (κ2) is 6.67. The van der Waals surface area contributed by atoms with Crippen LogP contribution >= 0.6 is 11.8 Å². The molecule has 7 heteroatoms. The molecule has 2 fully saturated rings. The molecule has 6 nitrogen and oxygen atoms in total. The molecule has 2 rings (SSSR count). The van der Waals surface area contributed by atoms with Gasteiger partial charge in [-0.15, -0.1) is 0 Å². The molecule has 2 saturated heterocycles. The predicted octanol–water partition coefficient (Wildman–Crippen LogP) is 0.634. The van der Waals surface area contributed by atoms with Crippen molar-refractivity contribution in [1.82, 2.24) is 14.7 Å². The summed E-state index contributed by atoms with van der Waals surface area (Å²) in [4.78, 5) is 29.3. The van der Waals surface area contributed by atoms with E-state index in [4.69, 9.17) is 5.11 Å². The Morgan fingerprint density at radius 2 is 2.10 bits per heavy atom. The van der Waals surface area contributed by atoms with Crippen LogP contribution < -0.4 is 0 Å². The van der Waals surface area contributed by atoms with Crippen molar-refractivity contribution in [3.05, 3.63) is 0 Å². The first-order valence-corrected chi connectivity index (χ1v) is 8.16. The Balaban J connectivity index is 1.97. The van der Waals surface area contributed by atoms with Gasteiger partial charge in [0.15, 0.2) is 0 Å². The van der Waals surface area contributed by atoms with E-state index < -0.39 is 5.97 Å². The van der Waals surface area contributed by atoms with Gasteiger partial charge in [-0.25, -0.2) is 4.79 Å². The average Bonchev–Trinajstić information content (AvgIpc) is 2.87. The largest absolute Gasteiger partial charge is 0.481 e. The fourth-order valence-electron chi connectivity index (χ4n) is 2.80. The summed E-state index contributed by atoms with van der Waals surface area (Å²) in [5.74, 6) is 0.790. The van der Waals surface area contributed by atoms with Crippen LogP contribution in [0.25, 0.3) is 0 Å². The van der Waals surface area contributed by atoms with E-state index in [2.05, 4.69) is 4.90 Å². The smallest absolute Gasteiger partial charge is 0.320 e. The number of urea groups is 1. The van der Waals surface area contributed by atoms with E-state index in [-0.39, 0.29) is 18.5 Å². The van der Waals surface area contributed by atoms with Gasteiger partial charge in [-0.2, -0.15) is 11.8 Å². The molecule has 0 radical (unpaired) electrons. The van der Waals surface area contributed by atoms with E-state index in [0.29, 0.717) is 12.6 Å². The minimum Gasteiger partial charge on any atom is -0.481 e. The average molecular weight is 301 g/mol. The molecular weight excluding hydrogens is 278 g/mol. The molecule has 2 heterocycles. The monoisotopic (exact) mass is 301 g/mol. The molecule has 0 spiro atoms. The molecule has 0 aromatic carbocycles. The lowest BCUT2D eigenvalue weighted by molar-refractivity contribution is -0.138. The van der Waals surface area contributed by atoms with Crippen molar-refractivity contribution in [3.8, 4) is 0 Å². The number of likely N-dealkylation sites (tertiary alicyclic amines) is 1. The fraction of sp³-hybridized carbons (Fsp3) is 0.846. The molecule has 2 unspecified atom stereocenters. The minimum absolute atomic E-state index is 0.0147. The number of amides is 2. The fourth-order valence-corrected chi connectivity index (χ4v) is 3.86. The summed E-state index contributed by atoms with van der Waals surface area (Å²) in [7, 11) is 4.06. The van der Waals surface area contributed by atoms with Gasteiger partial charge >= 0.3 is 12.0 Å². The Morgan fingerprint density at radius 3 is 2.70 bits per heavy atom. The number of nitrogens with zero attached hydrogens (tertiary/aromatic N) is 3. The Hall–Kier alpha value is -0.950. The van der Waals surface area contributed by atoms with Crippen LogP contribution in [0.1, 0.15) is 12.8 Å². The number of hydrogen-bond donors (Lipinski definition) is 1. The van der Waals surface area contributed by atoms with Crippen LogP contribution in [0, 0.1) is 0 Å². The van der Waals surface area contributed by atoms with E-state index in [1.165, 1.54) is 0 Å². The number of carbonyl (C=O) groups excluding carboxylic acids is 1. The molecule has 0 aromatic rings. The molecule has 20 heavy (non-hydrogen) atoms. The van der Waals surface area contributed by atoms with Crippen LogP contribution in [0.15, 0.2) is 0 Å². The Labute approximate surface area is 124 Å². The third kappa shape index (κ3) is 3.58. The number of carboxylic acid groups (broad SMARTS) is 1. The van der Waals surface area contributed by atoms with Crippen molar-refractivity contribution in [2.24, 2.45) is 0 Å². The highest BCUT2D eigenvalue weighted by Gasteiger charge is 2.35. The predicted molar refractivity (Wildman–Crippen MR) is 79.1 cm³/mol. The Bertz CT molecular complexity index is 378. The molecule has 2 aliphatic rings. The summed E-state index contributed by atoms with van der Waals surface area (Å²) in [6.07, 6.45) is 1.04. The second-order valence-corrected chi connectivity index (χ2v) is 6.80. The van der Waals surface area contributed by atoms with Crippen LogP contribution in [0.3, 0.4) is 0 Å². The quantitative estimate of drug-likeness (QED) is 0.828. The third-order valence-corrected chi connectivity index (χ3v) is 5.14. The summed E-state index contributed by atoms with van der Waals surface area (Å²) in [6, 6.07) is 0.258. The lowest BCUT2D eigenvalue weighted by atomic mass is 10.2. The van der Waals surface area contributed by atoms with Crippen molar-refractivity contribution in [2.45, 2.75) is 24.9 Å². The lowest BCUT2D eigenvalue weighted by Gasteiger charge is -2.37. The first-order valence-electron chi connectivity index (χ1n) is 7.00. The zero-order valence-corrected chi connectivity index (χ0v) is 12.9. The molecule has 2 aliphatic heterocycles. The van der Waals surface area contributed by atoms with Crippen molar-refractivity contribution in [3.63, 3.8) is 0 Å². The van der Waals surface area contributed by atoms with Gasteiger partial charge in [0.05, 0.1) is 12.5 Å². The molecule has 114 valence electrons. The number of rotatable bonds is 3. The topological polar surface area (TPSA) is 64.1 Å². The van der Waals surface area contributed by atoms with Crippen LogP contribution in [-0.4, -0.2) is 89.1 Å². The van der Waals surface area contributed by atoms with Crippen molar-refractivity contribution in [1.29, 1.82) is 0 Å². The minimum atomic E-state index is -0.831. The highest BCUT2D eigenvalue weighted by molar-refractivity contribution is 7.99. The highest BCUT2D eigenvalue weighted by Crippen LogP contribution is 2.23. The van der Waals surface area contributed by atoms with Gasteiger partial charge in [0.25, 0.3) is 0 Å². The summed E-state index contributed by atoms with van der Waals surface area (Å²) < 4.78 is 0. The van der Waals surface area contributed by atoms with Gasteiger partial charge in [0.1, 0.15) is 0 Å². The van der Waals surface area contributed by atoms with Gasteiger partial charge < -0.3 is 19.8 Å². The van der Waals surface area contributed by atoms with Crippen molar-refractivity contribution in [2.75, 3.05) is 45.2 Å². The van der Waals surface area contributed by atoms with Crippen LogP contribution in [0.4, 0.5) is 4.79 Å². The van der Waals surface area contributed by atoms with Crippen molar-refractivity contribution < 1.29 is 14.7 Å². The Kier molecular flexibility index (Phi) is 5.15. The van der Waals surface area contributed by atoms with Gasteiger partial charge in [-0.3, -0.25) is 4.79 Å². The number of hydrogen-bond acceptors (Lipinski definition) is 4. The van der Waals surface area contributed by atoms with E-state index in [1.54, 1.807) is 16.7 Å². The van der Waals surface area contributed by atoms with E-state index >= 15 is 0 Å². The normalized spacial score (nSPS) is 27.1. The number of thioether (sulfide) groups is 1. The summed E-state index contributed by atoms with van der Waals surface area (Å²) >= 11 is 1.73. The number of aliphatic carboxylic acids is 1. The summed E-state index contributed by atoms with van der Waals surface area (Å²) in [6.45, 7) is 2.17. The standard InChI is InChI=1S/C13H23N3O3S/c1-14(2)10-3-4-15(8-10)13(19)16-5-6-20-9-11(16)7-12(17)18/h10-11H,3-9H2,1-2H3,(H,17,18). The van der Waals surface area contributed by atoms with Crippen molar-refractivity contribution >= 4 is 23.8 Å². The van der Waals surface area contributed by atoms with Gasteiger partial charge in [0.2, 0.25) is 0 Å². The number of likely N-dealkylation sites (N-methyl/N-ethyl adjacent to an activating group) is 1. The van der Waals surface area contributed by atoms with Gasteiger partial charge in [0, 0.05) is 37.2 Å². The maximum absolute atomic E-state index is 12.6. The molecule has 1 N–H and O–H groups in total. The van der Waals surface area contributed by atoms with E-state index in [1.807, 2.05) is 19.0 Å². The first-order chi connectivity index (χ1) is 9.49.